The number of fused-ring (bicyclic) bond motifs is 4. The Morgan fingerprint density at radius 3 is 1.49 bits per heavy atom. The maximum absolute atomic E-state index is 6.22. The van der Waals surface area contributed by atoms with Crippen molar-refractivity contribution in [1.82, 2.24) is 15.0 Å². The van der Waals surface area contributed by atoms with E-state index in [4.69, 9.17) is 19.4 Å². The molecule has 10 aromatic rings. The number of hydrogen-bond acceptors (Lipinski definition) is 4. The normalized spacial score (nSPS) is 11.4. The second-order valence-electron chi connectivity index (χ2n) is 13.3. The van der Waals surface area contributed by atoms with Crippen LogP contribution in [0.25, 0.3) is 100 Å². The molecule has 0 amide bonds. The van der Waals surface area contributed by atoms with Gasteiger partial charge in [-0.1, -0.05) is 152 Å². The molecular weight excluding hydrogens is 647 g/mol. The van der Waals surface area contributed by atoms with Gasteiger partial charge in [-0.05, 0) is 80.6 Å². The average Bonchev–Trinajstić information content (AvgIpc) is 3.62. The summed E-state index contributed by atoms with van der Waals surface area (Å²) >= 11 is 0. The van der Waals surface area contributed by atoms with E-state index in [1.165, 1.54) is 16.3 Å². The summed E-state index contributed by atoms with van der Waals surface area (Å²) in [4.78, 5) is 15.3. The third kappa shape index (κ3) is 5.82. The standard InChI is InChI=1S/C49H31N3O/c1-2-10-32(11-3-1)37-14-8-16-41(29-37)48-50-47(35-23-20-34(21-24-35)39-25-22-33-12-4-5-13-36(33)28-39)51-49(52-48)42-17-9-15-38(30-42)40-26-27-44-43-18-6-7-19-45(43)53-46(44)31-40/h1-31H. The predicted molar refractivity (Wildman–Crippen MR) is 217 cm³/mol. The minimum absolute atomic E-state index is 0.611. The summed E-state index contributed by atoms with van der Waals surface area (Å²) < 4.78 is 6.22. The molecule has 53 heavy (non-hydrogen) atoms. The van der Waals surface area contributed by atoms with Crippen LogP contribution < -0.4 is 0 Å². The van der Waals surface area contributed by atoms with Gasteiger partial charge >= 0.3 is 0 Å². The number of furan rings is 1. The van der Waals surface area contributed by atoms with Crippen LogP contribution in [-0.4, -0.2) is 15.0 Å². The molecule has 0 bridgehead atoms. The molecule has 0 saturated carbocycles. The molecule has 0 fully saturated rings. The Kier molecular flexibility index (Phi) is 7.43. The van der Waals surface area contributed by atoms with Crippen LogP contribution in [0.2, 0.25) is 0 Å². The fourth-order valence-corrected chi connectivity index (χ4v) is 7.16. The van der Waals surface area contributed by atoms with Gasteiger partial charge in [0.1, 0.15) is 11.2 Å². The summed E-state index contributed by atoms with van der Waals surface area (Å²) in [5.41, 5.74) is 11.2. The van der Waals surface area contributed by atoms with Gasteiger partial charge in [-0.15, -0.1) is 0 Å². The summed E-state index contributed by atoms with van der Waals surface area (Å²) in [7, 11) is 0. The van der Waals surface area contributed by atoms with Crippen LogP contribution in [0.1, 0.15) is 0 Å². The van der Waals surface area contributed by atoms with Crippen LogP contribution in [0.5, 0.6) is 0 Å². The highest BCUT2D eigenvalue weighted by atomic mass is 16.3. The lowest BCUT2D eigenvalue weighted by molar-refractivity contribution is 0.669. The van der Waals surface area contributed by atoms with Crippen LogP contribution >= 0.6 is 0 Å². The molecule has 4 nitrogen and oxygen atoms in total. The Labute approximate surface area is 306 Å². The minimum Gasteiger partial charge on any atom is -0.456 e. The van der Waals surface area contributed by atoms with Crippen LogP contribution in [0, 0.1) is 0 Å². The van der Waals surface area contributed by atoms with Crippen LogP contribution in [0.15, 0.2) is 192 Å². The van der Waals surface area contributed by atoms with E-state index in [9.17, 15) is 0 Å². The van der Waals surface area contributed by atoms with E-state index in [1.54, 1.807) is 0 Å². The molecule has 10 rings (SSSR count). The van der Waals surface area contributed by atoms with Crippen LogP contribution in [0.4, 0.5) is 0 Å². The second-order valence-corrected chi connectivity index (χ2v) is 13.3. The molecule has 0 spiro atoms. The van der Waals surface area contributed by atoms with Gasteiger partial charge in [0.15, 0.2) is 17.5 Å². The average molecular weight is 678 g/mol. The smallest absolute Gasteiger partial charge is 0.164 e. The Bertz CT molecular complexity index is 2950. The highest BCUT2D eigenvalue weighted by Gasteiger charge is 2.15. The van der Waals surface area contributed by atoms with Gasteiger partial charge in [0.05, 0.1) is 0 Å². The largest absolute Gasteiger partial charge is 0.456 e. The molecule has 0 unspecified atom stereocenters. The van der Waals surface area contributed by atoms with E-state index in [1.807, 2.05) is 24.3 Å². The summed E-state index contributed by atoms with van der Waals surface area (Å²) in [6.45, 7) is 0. The van der Waals surface area contributed by atoms with Crippen molar-refractivity contribution in [2.75, 3.05) is 0 Å². The summed E-state index contributed by atoms with van der Waals surface area (Å²) in [5, 5.41) is 4.68. The lowest BCUT2D eigenvalue weighted by atomic mass is 10.00. The summed E-state index contributed by atoms with van der Waals surface area (Å²) in [6.07, 6.45) is 0. The van der Waals surface area contributed by atoms with Gasteiger partial charge in [-0.3, -0.25) is 0 Å². The molecule has 2 aromatic heterocycles. The molecule has 0 aliphatic carbocycles. The zero-order valence-corrected chi connectivity index (χ0v) is 28.6. The van der Waals surface area contributed by atoms with E-state index >= 15 is 0 Å². The van der Waals surface area contributed by atoms with Crippen LogP contribution in [0.3, 0.4) is 0 Å². The van der Waals surface area contributed by atoms with Crippen molar-refractivity contribution in [2.45, 2.75) is 0 Å². The molecule has 0 aliphatic rings. The SMILES string of the molecule is c1ccc(-c2cccc(-c3nc(-c4ccc(-c5ccc6ccccc6c5)cc4)nc(-c4cccc(-c5ccc6c(c5)oc5ccccc56)c4)n3)c2)cc1. The molecule has 0 N–H and O–H groups in total. The third-order valence-electron chi connectivity index (χ3n) is 9.92. The lowest BCUT2D eigenvalue weighted by Gasteiger charge is -2.11. The van der Waals surface area contributed by atoms with Gasteiger partial charge in [-0.2, -0.15) is 0 Å². The molecule has 4 heteroatoms. The summed E-state index contributed by atoms with van der Waals surface area (Å²) in [6, 6.07) is 65.3. The first-order valence-corrected chi connectivity index (χ1v) is 17.8. The Morgan fingerprint density at radius 2 is 0.736 bits per heavy atom. The maximum atomic E-state index is 6.22. The van der Waals surface area contributed by atoms with E-state index in [0.29, 0.717) is 17.5 Å². The van der Waals surface area contributed by atoms with Gasteiger partial charge in [0.2, 0.25) is 0 Å². The number of rotatable bonds is 6. The van der Waals surface area contributed by atoms with Gasteiger partial charge in [0.25, 0.3) is 0 Å². The fourth-order valence-electron chi connectivity index (χ4n) is 7.16. The Morgan fingerprint density at radius 1 is 0.264 bits per heavy atom. The van der Waals surface area contributed by atoms with Crippen molar-refractivity contribution < 1.29 is 4.42 Å². The van der Waals surface area contributed by atoms with E-state index in [-0.39, 0.29) is 0 Å². The first-order chi connectivity index (χ1) is 26.2. The number of aromatic nitrogens is 3. The van der Waals surface area contributed by atoms with Crippen LogP contribution in [-0.2, 0) is 0 Å². The zero-order valence-electron chi connectivity index (χ0n) is 28.6. The first-order valence-electron chi connectivity index (χ1n) is 17.8. The highest BCUT2D eigenvalue weighted by molar-refractivity contribution is 6.06. The van der Waals surface area contributed by atoms with Gasteiger partial charge < -0.3 is 4.42 Å². The van der Waals surface area contributed by atoms with Crippen molar-refractivity contribution in [3.05, 3.63) is 188 Å². The van der Waals surface area contributed by atoms with Crippen molar-refractivity contribution in [1.29, 1.82) is 0 Å². The quantitative estimate of drug-likeness (QED) is 0.176. The Hall–Kier alpha value is -7.17. The van der Waals surface area contributed by atoms with Gasteiger partial charge in [0, 0.05) is 27.5 Å². The number of nitrogens with zero attached hydrogens (tertiary/aromatic N) is 3. The number of para-hydroxylation sites is 1. The third-order valence-corrected chi connectivity index (χ3v) is 9.92. The van der Waals surface area contributed by atoms with E-state index < -0.39 is 0 Å². The topological polar surface area (TPSA) is 51.8 Å². The molecule has 0 aliphatic heterocycles. The molecule has 248 valence electrons. The monoisotopic (exact) mass is 677 g/mol. The van der Waals surface area contributed by atoms with E-state index in [2.05, 4.69) is 164 Å². The molecule has 8 aromatic carbocycles. The zero-order chi connectivity index (χ0) is 35.1. The van der Waals surface area contributed by atoms with Gasteiger partial charge in [-0.25, -0.2) is 15.0 Å². The molecule has 0 radical (unpaired) electrons. The summed E-state index contributed by atoms with van der Waals surface area (Å²) in [5.74, 6) is 1.85. The first kappa shape index (κ1) is 30.6. The molecule has 0 saturated heterocycles. The fraction of sp³-hybridized carbons (Fsp3) is 0. The highest BCUT2D eigenvalue weighted by Crippen LogP contribution is 2.35. The second kappa shape index (κ2) is 12.9. The maximum Gasteiger partial charge on any atom is 0.164 e. The van der Waals surface area contributed by atoms with Crippen molar-refractivity contribution in [2.24, 2.45) is 0 Å². The predicted octanol–water partition coefficient (Wildman–Crippen LogP) is 12.9. The molecular formula is C49H31N3O. The number of benzene rings is 8. The molecule has 0 atom stereocenters. The number of hydrogen-bond donors (Lipinski definition) is 0. The molecule has 2 heterocycles. The van der Waals surface area contributed by atoms with Crippen molar-refractivity contribution in [3.63, 3.8) is 0 Å². The van der Waals surface area contributed by atoms with Crippen molar-refractivity contribution in [3.8, 4) is 67.5 Å². The van der Waals surface area contributed by atoms with E-state index in [0.717, 1.165) is 66.4 Å². The van der Waals surface area contributed by atoms with Crippen molar-refractivity contribution >= 4 is 32.7 Å². The Balaban J connectivity index is 1.07. The minimum atomic E-state index is 0.611. The lowest BCUT2D eigenvalue weighted by Crippen LogP contribution is -2.00.